The molecule has 1 N–H and O–H groups in total. The molecule has 104 valence electrons. The van der Waals surface area contributed by atoms with Crippen molar-refractivity contribution >= 4 is 15.8 Å². The van der Waals surface area contributed by atoms with Gasteiger partial charge in [0.2, 0.25) is 0 Å². The highest BCUT2D eigenvalue weighted by molar-refractivity contribution is 7.91. The minimum Gasteiger partial charge on any atom is -0.478 e. The van der Waals surface area contributed by atoms with Crippen LogP contribution in [-0.2, 0) is 15.6 Å². The minimum atomic E-state index is -3.18. The predicted octanol–water partition coefficient (Wildman–Crippen LogP) is 2.03. The van der Waals surface area contributed by atoms with E-state index in [1.165, 1.54) is 18.3 Å². The van der Waals surface area contributed by atoms with Crippen LogP contribution in [0.4, 0.5) is 0 Å². The summed E-state index contributed by atoms with van der Waals surface area (Å²) in [6, 6.07) is 2.87. The van der Waals surface area contributed by atoms with Gasteiger partial charge in [0.25, 0.3) is 0 Å². The Bertz CT molecular complexity index is 545. The Morgan fingerprint density at radius 1 is 1.26 bits per heavy atom. The number of carboxylic acids is 1. The molecule has 0 aromatic carbocycles. The lowest BCUT2D eigenvalue weighted by atomic mass is 10.0. The third kappa shape index (κ3) is 3.53. The van der Waals surface area contributed by atoms with E-state index in [4.69, 9.17) is 5.11 Å². The summed E-state index contributed by atoms with van der Waals surface area (Å²) in [6.07, 6.45) is 5.71. The van der Waals surface area contributed by atoms with Crippen LogP contribution in [0.2, 0.25) is 0 Å². The maximum atomic E-state index is 12.2. The number of pyridine rings is 1. The summed E-state index contributed by atoms with van der Waals surface area (Å²) in [5.41, 5.74) is 0.481. The van der Waals surface area contributed by atoms with Crippen LogP contribution in [0.5, 0.6) is 0 Å². The molecule has 0 aliphatic heterocycles. The third-order valence-electron chi connectivity index (χ3n) is 3.48. The van der Waals surface area contributed by atoms with Crippen LogP contribution in [0.3, 0.4) is 0 Å². The zero-order chi connectivity index (χ0) is 13.9. The molecule has 1 aliphatic rings. The molecule has 0 atom stereocenters. The number of carbonyl (C=O) groups is 1. The molecule has 0 bridgehead atoms. The Balaban J connectivity index is 2.09. The van der Waals surface area contributed by atoms with E-state index in [9.17, 15) is 13.2 Å². The Labute approximate surface area is 112 Å². The van der Waals surface area contributed by atoms with Crippen molar-refractivity contribution in [1.29, 1.82) is 0 Å². The average molecular weight is 283 g/mol. The van der Waals surface area contributed by atoms with Crippen molar-refractivity contribution in [2.75, 3.05) is 0 Å². The third-order valence-corrected chi connectivity index (χ3v) is 5.67. The fourth-order valence-electron chi connectivity index (χ4n) is 2.38. The van der Waals surface area contributed by atoms with Crippen LogP contribution in [0.25, 0.3) is 0 Å². The highest BCUT2D eigenvalue weighted by Gasteiger charge is 2.27. The van der Waals surface area contributed by atoms with E-state index in [0.717, 1.165) is 32.1 Å². The highest BCUT2D eigenvalue weighted by atomic mass is 32.2. The molecule has 19 heavy (non-hydrogen) atoms. The summed E-state index contributed by atoms with van der Waals surface area (Å²) in [5, 5.41) is 8.49. The molecule has 0 unspecified atom stereocenters. The van der Waals surface area contributed by atoms with Gasteiger partial charge in [-0.1, -0.05) is 19.3 Å². The van der Waals surface area contributed by atoms with Gasteiger partial charge in [-0.25, -0.2) is 13.2 Å². The molecule has 1 aromatic heterocycles. The van der Waals surface area contributed by atoms with Crippen molar-refractivity contribution in [2.24, 2.45) is 0 Å². The van der Waals surface area contributed by atoms with Crippen molar-refractivity contribution in [3.8, 4) is 0 Å². The maximum Gasteiger partial charge on any atom is 0.337 e. The van der Waals surface area contributed by atoms with Crippen LogP contribution < -0.4 is 0 Å². The molecule has 1 aromatic rings. The van der Waals surface area contributed by atoms with Gasteiger partial charge in [-0.2, -0.15) is 0 Å². The Morgan fingerprint density at radius 2 is 1.95 bits per heavy atom. The molecule has 1 heterocycles. The van der Waals surface area contributed by atoms with Crippen molar-refractivity contribution in [3.63, 3.8) is 0 Å². The maximum absolute atomic E-state index is 12.2. The molecular weight excluding hydrogens is 266 g/mol. The number of hydrogen-bond donors (Lipinski definition) is 1. The van der Waals surface area contributed by atoms with Gasteiger partial charge in [-0.15, -0.1) is 0 Å². The van der Waals surface area contributed by atoms with Gasteiger partial charge in [0, 0.05) is 6.20 Å². The number of aromatic nitrogens is 1. The van der Waals surface area contributed by atoms with Gasteiger partial charge >= 0.3 is 5.97 Å². The molecular formula is C13H17NO4S. The van der Waals surface area contributed by atoms with Gasteiger partial charge in [-0.05, 0) is 25.0 Å². The van der Waals surface area contributed by atoms with Crippen LogP contribution in [0, 0.1) is 0 Å². The molecule has 1 saturated carbocycles. The van der Waals surface area contributed by atoms with E-state index in [0.29, 0.717) is 5.69 Å². The molecule has 1 fully saturated rings. The summed E-state index contributed by atoms with van der Waals surface area (Å²) in [7, 11) is -3.18. The second kappa shape index (κ2) is 5.69. The Kier molecular flexibility index (Phi) is 4.19. The molecule has 0 saturated heterocycles. The van der Waals surface area contributed by atoms with Crippen molar-refractivity contribution in [3.05, 3.63) is 29.6 Å². The van der Waals surface area contributed by atoms with Crippen molar-refractivity contribution < 1.29 is 18.3 Å². The second-order valence-electron chi connectivity index (χ2n) is 4.91. The van der Waals surface area contributed by atoms with E-state index in [2.05, 4.69) is 4.98 Å². The lowest BCUT2D eigenvalue weighted by Crippen LogP contribution is -2.25. The topological polar surface area (TPSA) is 84.3 Å². The van der Waals surface area contributed by atoms with E-state index in [-0.39, 0.29) is 16.6 Å². The number of aromatic carboxylic acids is 1. The van der Waals surface area contributed by atoms with Gasteiger partial charge in [0.15, 0.2) is 9.84 Å². The van der Waals surface area contributed by atoms with Gasteiger partial charge < -0.3 is 5.11 Å². The van der Waals surface area contributed by atoms with Crippen molar-refractivity contribution in [2.45, 2.75) is 43.1 Å². The van der Waals surface area contributed by atoms with E-state index >= 15 is 0 Å². The molecule has 0 radical (unpaired) electrons. The molecule has 5 nitrogen and oxygen atoms in total. The molecule has 2 rings (SSSR count). The number of nitrogens with zero attached hydrogens (tertiary/aromatic N) is 1. The molecule has 0 amide bonds. The summed E-state index contributed by atoms with van der Waals surface area (Å²) in [5.74, 6) is -1.16. The van der Waals surface area contributed by atoms with E-state index in [1.807, 2.05) is 0 Å². The number of hydrogen-bond acceptors (Lipinski definition) is 4. The zero-order valence-electron chi connectivity index (χ0n) is 10.6. The normalized spacial score (nSPS) is 17.3. The minimum absolute atomic E-state index is 0.0683. The predicted molar refractivity (Wildman–Crippen MR) is 70.7 cm³/mol. The second-order valence-corrected chi connectivity index (χ2v) is 7.19. The van der Waals surface area contributed by atoms with Gasteiger partial charge in [-0.3, -0.25) is 4.98 Å². The van der Waals surface area contributed by atoms with Gasteiger partial charge in [0.1, 0.15) is 0 Å². The fraction of sp³-hybridized carbons (Fsp3) is 0.538. The largest absolute Gasteiger partial charge is 0.478 e. The zero-order valence-corrected chi connectivity index (χ0v) is 11.4. The monoisotopic (exact) mass is 283 g/mol. The van der Waals surface area contributed by atoms with Gasteiger partial charge in [0.05, 0.1) is 22.3 Å². The van der Waals surface area contributed by atoms with Crippen LogP contribution in [0.15, 0.2) is 18.3 Å². The molecule has 1 aliphatic carbocycles. The number of rotatable bonds is 4. The molecule has 6 heteroatoms. The Morgan fingerprint density at radius 3 is 2.47 bits per heavy atom. The van der Waals surface area contributed by atoms with Crippen LogP contribution >= 0.6 is 0 Å². The number of carboxylic acid groups (broad SMARTS) is 1. The lowest BCUT2D eigenvalue weighted by Gasteiger charge is -2.21. The summed E-state index contributed by atoms with van der Waals surface area (Å²) in [6.45, 7) is 0. The van der Waals surface area contributed by atoms with Crippen LogP contribution in [-0.4, -0.2) is 29.7 Å². The van der Waals surface area contributed by atoms with E-state index < -0.39 is 15.8 Å². The van der Waals surface area contributed by atoms with Crippen molar-refractivity contribution in [1.82, 2.24) is 4.98 Å². The van der Waals surface area contributed by atoms with Crippen LogP contribution in [0.1, 0.15) is 48.2 Å². The molecule has 0 spiro atoms. The first-order valence-electron chi connectivity index (χ1n) is 6.39. The smallest absolute Gasteiger partial charge is 0.337 e. The fourth-order valence-corrected chi connectivity index (χ4v) is 4.25. The number of sulfone groups is 1. The standard InChI is InChI=1S/C13H17NO4S/c15-13(16)10-6-7-11(14-8-10)9-19(17,18)12-4-2-1-3-5-12/h6-8,12H,1-5,9H2,(H,15,16). The highest BCUT2D eigenvalue weighted by Crippen LogP contribution is 2.25. The first-order valence-corrected chi connectivity index (χ1v) is 8.10. The first kappa shape index (κ1) is 14.0. The first-order chi connectivity index (χ1) is 8.99. The summed E-state index contributed by atoms with van der Waals surface area (Å²) in [4.78, 5) is 14.6. The quantitative estimate of drug-likeness (QED) is 0.914. The summed E-state index contributed by atoms with van der Waals surface area (Å²) < 4.78 is 24.4. The average Bonchev–Trinajstić information content (AvgIpc) is 2.40. The lowest BCUT2D eigenvalue weighted by molar-refractivity contribution is 0.0696. The SMILES string of the molecule is O=C(O)c1ccc(CS(=O)(=O)C2CCCCC2)nc1. The summed E-state index contributed by atoms with van der Waals surface area (Å²) >= 11 is 0. The Hall–Kier alpha value is -1.43. The van der Waals surface area contributed by atoms with E-state index in [1.54, 1.807) is 0 Å².